The maximum atomic E-state index is 12.8. The third-order valence-corrected chi connectivity index (χ3v) is 3.47. The molecule has 1 rings (SSSR count). The summed E-state index contributed by atoms with van der Waals surface area (Å²) in [7, 11) is 0. The van der Waals surface area contributed by atoms with Gasteiger partial charge in [0.25, 0.3) is 5.91 Å². The van der Waals surface area contributed by atoms with Crippen LogP contribution < -0.4 is 5.32 Å². The zero-order valence-electron chi connectivity index (χ0n) is 11.1. The molecule has 0 heterocycles. The molecule has 1 aromatic rings. The second kappa shape index (κ2) is 6.49. The lowest BCUT2D eigenvalue weighted by Gasteiger charge is -2.23. The number of alkyl halides is 3. The van der Waals surface area contributed by atoms with Crippen LogP contribution in [-0.4, -0.2) is 35.2 Å². The van der Waals surface area contributed by atoms with E-state index in [1.54, 1.807) is 6.26 Å². The fraction of sp³-hybridized carbons (Fsp3) is 0.462. The first-order valence-corrected chi connectivity index (χ1v) is 7.22. The number of benzene rings is 1. The van der Waals surface area contributed by atoms with Crippen molar-refractivity contribution in [3.05, 3.63) is 35.4 Å². The molecule has 112 valence electrons. The molecular weight excluding hydrogens is 291 g/mol. The van der Waals surface area contributed by atoms with Gasteiger partial charge in [-0.05, 0) is 25.3 Å². The van der Waals surface area contributed by atoms with Crippen LogP contribution in [0.5, 0.6) is 0 Å². The topological polar surface area (TPSA) is 49.3 Å². The zero-order valence-corrected chi connectivity index (χ0v) is 11.9. The molecule has 0 aliphatic rings. The number of halogens is 3. The summed E-state index contributed by atoms with van der Waals surface area (Å²) in [5, 5.41) is 12.2. The highest BCUT2D eigenvalue weighted by Crippen LogP contribution is 2.31. The SMILES string of the molecule is CSCC(C)(O)CNC(=O)c1ccccc1C(F)(F)F. The summed E-state index contributed by atoms with van der Waals surface area (Å²) in [4.78, 5) is 11.8. The Kier molecular flexibility index (Phi) is 5.47. The molecule has 0 aliphatic heterocycles. The molecule has 7 heteroatoms. The molecule has 0 saturated carbocycles. The Labute approximate surface area is 119 Å². The van der Waals surface area contributed by atoms with Crippen molar-refractivity contribution < 1.29 is 23.1 Å². The van der Waals surface area contributed by atoms with Gasteiger partial charge in [0.1, 0.15) is 0 Å². The molecule has 2 N–H and O–H groups in total. The molecule has 0 spiro atoms. The van der Waals surface area contributed by atoms with Gasteiger partial charge in [-0.3, -0.25) is 4.79 Å². The van der Waals surface area contributed by atoms with Gasteiger partial charge >= 0.3 is 6.18 Å². The monoisotopic (exact) mass is 307 g/mol. The van der Waals surface area contributed by atoms with Gasteiger partial charge in [-0.25, -0.2) is 0 Å². The minimum absolute atomic E-state index is 0.112. The molecule has 1 amide bonds. The van der Waals surface area contributed by atoms with Crippen LogP contribution in [0.2, 0.25) is 0 Å². The number of carbonyl (C=O) groups excluding carboxylic acids is 1. The smallest absolute Gasteiger partial charge is 0.387 e. The molecule has 0 radical (unpaired) electrons. The van der Waals surface area contributed by atoms with Crippen LogP contribution in [0.3, 0.4) is 0 Å². The van der Waals surface area contributed by atoms with E-state index in [-0.39, 0.29) is 6.54 Å². The van der Waals surface area contributed by atoms with Gasteiger partial charge in [0.2, 0.25) is 0 Å². The third-order valence-electron chi connectivity index (χ3n) is 2.56. The summed E-state index contributed by atoms with van der Waals surface area (Å²) in [6.07, 6.45) is -2.80. The molecule has 20 heavy (non-hydrogen) atoms. The van der Waals surface area contributed by atoms with E-state index in [9.17, 15) is 23.1 Å². The Morgan fingerprint density at radius 3 is 2.50 bits per heavy atom. The first-order chi connectivity index (χ1) is 9.17. The lowest BCUT2D eigenvalue weighted by atomic mass is 10.1. The molecule has 1 aromatic carbocycles. The van der Waals surface area contributed by atoms with Crippen LogP contribution >= 0.6 is 11.8 Å². The fourth-order valence-electron chi connectivity index (χ4n) is 1.66. The Morgan fingerprint density at radius 1 is 1.35 bits per heavy atom. The van der Waals surface area contributed by atoms with Crippen molar-refractivity contribution in [3.63, 3.8) is 0 Å². The molecule has 1 unspecified atom stereocenters. The van der Waals surface area contributed by atoms with Gasteiger partial charge in [-0.15, -0.1) is 0 Å². The van der Waals surface area contributed by atoms with Gasteiger partial charge in [0.05, 0.1) is 16.7 Å². The summed E-state index contributed by atoms with van der Waals surface area (Å²) in [6, 6.07) is 4.56. The van der Waals surface area contributed by atoms with Crippen molar-refractivity contribution in [2.45, 2.75) is 18.7 Å². The summed E-state index contributed by atoms with van der Waals surface area (Å²) < 4.78 is 38.3. The highest BCUT2D eigenvalue weighted by molar-refractivity contribution is 7.98. The Bertz CT molecular complexity index is 475. The van der Waals surface area contributed by atoms with E-state index >= 15 is 0 Å². The number of hydrogen-bond donors (Lipinski definition) is 2. The van der Waals surface area contributed by atoms with Crippen molar-refractivity contribution in [1.82, 2.24) is 5.32 Å². The molecule has 0 aromatic heterocycles. The van der Waals surface area contributed by atoms with E-state index in [0.717, 1.165) is 12.1 Å². The minimum atomic E-state index is -4.59. The molecule has 3 nitrogen and oxygen atoms in total. The second-order valence-electron chi connectivity index (χ2n) is 4.66. The predicted octanol–water partition coefficient (Wildman–Crippen LogP) is 2.55. The maximum Gasteiger partial charge on any atom is 0.417 e. The third kappa shape index (κ3) is 4.72. The average molecular weight is 307 g/mol. The molecule has 1 atom stereocenters. The van der Waals surface area contributed by atoms with Crippen molar-refractivity contribution in [3.8, 4) is 0 Å². The average Bonchev–Trinajstić information content (AvgIpc) is 2.35. The first kappa shape index (κ1) is 16.8. The summed E-state index contributed by atoms with van der Waals surface area (Å²) in [5.41, 5.74) is -2.59. The van der Waals surface area contributed by atoms with E-state index in [2.05, 4.69) is 5.32 Å². The lowest BCUT2D eigenvalue weighted by Crippen LogP contribution is -2.42. The van der Waals surface area contributed by atoms with Gasteiger partial charge in [-0.1, -0.05) is 12.1 Å². The first-order valence-electron chi connectivity index (χ1n) is 5.83. The quantitative estimate of drug-likeness (QED) is 0.879. The Hall–Kier alpha value is -1.21. The number of thioether (sulfide) groups is 1. The zero-order chi connectivity index (χ0) is 15.4. The van der Waals surface area contributed by atoms with Crippen molar-refractivity contribution in [2.75, 3.05) is 18.6 Å². The predicted molar refractivity (Wildman–Crippen MR) is 72.8 cm³/mol. The molecule has 0 aliphatic carbocycles. The van der Waals surface area contributed by atoms with Gasteiger partial charge < -0.3 is 10.4 Å². The second-order valence-corrected chi connectivity index (χ2v) is 5.52. The van der Waals surface area contributed by atoms with E-state index in [0.29, 0.717) is 5.75 Å². The number of hydrogen-bond acceptors (Lipinski definition) is 3. The van der Waals surface area contributed by atoms with Gasteiger partial charge in [0, 0.05) is 12.3 Å². The lowest BCUT2D eigenvalue weighted by molar-refractivity contribution is -0.137. The Balaban J connectivity index is 2.84. The molecule has 0 saturated heterocycles. The fourth-order valence-corrected chi connectivity index (χ4v) is 2.38. The minimum Gasteiger partial charge on any atom is -0.387 e. The largest absolute Gasteiger partial charge is 0.417 e. The number of amides is 1. The maximum absolute atomic E-state index is 12.8. The number of rotatable bonds is 5. The van der Waals surface area contributed by atoms with Crippen LogP contribution in [0.1, 0.15) is 22.8 Å². The highest BCUT2D eigenvalue weighted by Gasteiger charge is 2.35. The van der Waals surface area contributed by atoms with E-state index in [1.807, 2.05) is 0 Å². The Morgan fingerprint density at radius 2 is 1.95 bits per heavy atom. The molecule has 0 bridgehead atoms. The van der Waals surface area contributed by atoms with Crippen molar-refractivity contribution in [2.24, 2.45) is 0 Å². The van der Waals surface area contributed by atoms with Gasteiger partial charge in [0.15, 0.2) is 0 Å². The van der Waals surface area contributed by atoms with E-state index in [1.165, 1.54) is 30.8 Å². The number of aliphatic hydroxyl groups is 1. The van der Waals surface area contributed by atoms with Crippen molar-refractivity contribution in [1.29, 1.82) is 0 Å². The van der Waals surface area contributed by atoms with Crippen LogP contribution in [0.4, 0.5) is 13.2 Å². The summed E-state index contributed by atoms with van der Waals surface area (Å²) in [5.74, 6) is -0.479. The molecular formula is C13H16F3NO2S. The molecule has 0 fully saturated rings. The van der Waals surface area contributed by atoms with Crippen LogP contribution in [0.15, 0.2) is 24.3 Å². The number of carbonyl (C=O) groups is 1. The standard InChI is InChI=1S/C13H16F3NO2S/c1-12(19,8-20-2)7-17-11(18)9-5-3-4-6-10(9)13(14,15)16/h3-6,19H,7-8H2,1-2H3,(H,17,18). The normalized spacial score (nSPS) is 14.7. The van der Waals surface area contributed by atoms with Crippen molar-refractivity contribution >= 4 is 17.7 Å². The van der Waals surface area contributed by atoms with Crippen LogP contribution in [-0.2, 0) is 6.18 Å². The van der Waals surface area contributed by atoms with Gasteiger partial charge in [-0.2, -0.15) is 24.9 Å². The van der Waals surface area contributed by atoms with Crippen LogP contribution in [0, 0.1) is 0 Å². The summed E-state index contributed by atoms with van der Waals surface area (Å²) in [6.45, 7) is 1.40. The van der Waals surface area contributed by atoms with Crippen LogP contribution in [0.25, 0.3) is 0 Å². The van der Waals surface area contributed by atoms with E-state index in [4.69, 9.17) is 0 Å². The summed E-state index contributed by atoms with van der Waals surface area (Å²) >= 11 is 1.38. The highest BCUT2D eigenvalue weighted by atomic mass is 32.2. The number of nitrogens with one attached hydrogen (secondary N) is 1. The van der Waals surface area contributed by atoms with E-state index < -0.39 is 28.8 Å².